The molecule has 5 rings (SSSR count). The van der Waals surface area contributed by atoms with Gasteiger partial charge in [-0.25, -0.2) is 9.48 Å². The zero-order chi connectivity index (χ0) is 24.6. The Morgan fingerprint density at radius 2 is 1.60 bits per heavy atom. The lowest BCUT2D eigenvalue weighted by Gasteiger charge is -2.47. The number of aryl methyl sites for hydroxylation is 1. The predicted octanol–water partition coefficient (Wildman–Crippen LogP) is 6.32. The number of halogens is 1. The third kappa shape index (κ3) is 4.25. The molecule has 2 aliphatic rings. The Kier molecular flexibility index (Phi) is 6.41. The van der Waals surface area contributed by atoms with Gasteiger partial charge >= 0.3 is 5.97 Å². The number of aromatic carboxylic acids is 1. The van der Waals surface area contributed by atoms with Crippen LogP contribution in [0, 0.1) is 0 Å². The molecule has 0 spiro atoms. The first kappa shape index (κ1) is 23.6. The number of carboxylic acid groups (broad SMARTS) is 1. The van der Waals surface area contributed by atoms with E-state index in [0.29, 0.717) is 5.02 Å². The molecule has 3 aromatic rings. The van der Waals surface area contributed by atoms with E-state index >= 15 is 0 Å². The van der Waals surface area contributed by atoms with E-state index in [9.17, 15) is 14.7 Å². The van der Waals surface area contributed by atoms with Crippen molar-refractivity contribution in [2.24, 2.45) is 0 Å². The molecule has 1 saturated carbocycles. The van der Waals surface area contributed by atoms with Gasteiger partial charge in [0.05, 0.1) is 28.2 Å². The highest BCUT2D eigenvalue weighted by atomic mass is 35.5. The van der Waals surface area contributed by atoms with Gasteiger partial charge in [0, 0.05) is 17.6 Å². The maximum absolute atomic E-state index is 13.4. The van der Waals surface area contributed by atoms with E-state index in [2.05, 4.69) is 4.68 Å². The van der Waals surface area contributed by atoms with Crippen LogP contribution in [-0.4, -0.2) is 26.8 Å². The fourth-order valence-corrected chi connectivity index (χ4v) is 6.11. The topological polar surface area (TPSA) is 75.4 Å². The van der Waals surface area contributed by atoms with Gasteiger partial charge in [-0.2, -0.15) is 5.10 Å². The minimum atomic E-state index is -0.979. The fraction of sp³-hybridized carbons (Fsp3) is 0.393. The summed E-state index contributed by atoms with van der Waals surface area (Å²) in [6.07, 6.45) is 8.92. The molecule has 6 nitrogen and oxygen atoms in total. The highest BCUT2D eigenvalue weighted by Gasteiger charge is 2.47. The van der Waals surface area contributed by atoms with Crippen LogP contribution in [0.25, 0.3) is 5.69 Å². The molecule has 2 aliphatic carbocycles. The van der Waals surface area contributed by atoms with E-state index in [4.69, 9.17) is 16.7 Å². The Labute approximate surface area is 210 Å². The number of benzene rings is 2. The van der Waals surface area contributed by atoms with Crippen LogP contribution in [0.3, 0.4) is 0 Å². The average molecular weight is 492 g/mol. The summed E-state index contributed by atoms with van der Waals surface area (Å²) in [6, 6.07) is 14.4. The van der Waals surface area contributed by atoms with Gasteiger partial charge in [-0.05, 0) is 92.6 Å². The number of carboxylic acids is 1. The lowest BCUT2D eigenvalue weighted by molar-refractivity contribution is -0.118. The number of hydrogen-bond donors (Lipinski definition) is 1. The van der Waals surface area contributed by atoms with Crippen LogP contribution in [0.15, 0.2) is 48.5 Å². The Bertz CT molecular complexity index is 1240. The highest BCUT2D eigenvalue weighted by Crippen LogP contribution is 2.48. The van der Waals surface area contributed by atoms with E-state index < -0.39 is 11.5 Å². The van der Waals surface area contributed by atoms with Crippen molar-refractivity contribution in [3.63, 3.8) is 0 Å². The average Bonchev–Trinajstić information content (AvgIpc) is 3.25. The van der Waals surface area contributed by atoms with Crippen molar-refractivity contribution in [1.29, 1.82) is 0 Å². The molecule has 182 valence electrons. The minimum absolute atomic E-state index is 0.0524. The fourth-order valence-electron chi connectivity index (χ4n) is 5.99. The SMILES string of the molecule is CC(=O)N(c1ccc(C(=O)O)cc1)C1(c2c3c(nn2-c2ccc(Cl)cc2)CCCC3)CCCCC1. The number of amides is 1. The lowest BCUT2D eigenvalue weighted by atomic mass is 9.74. The van der Waals surface area contributed by atoms with Gasteiger partial charge in [-0.1, -0.05) is 30.9 Å². The molecular formula is C28H30ClN3O3. The summed E-state index contributed by atoms with van der Waals surface area (Å²) in [5, 5.41) is 15.2. The number of anilines is 1. The molecule has 0 saturated heterocycles. The van der Waals surface area contributed by atoms with E-state index in [1.54, 1.807) is 31.2 Å². The summed E-state index contributed by atoms with van der Waals surface area (Å²) in [5.41, 5.74) is 4.79. The zero-order valence-electron chi connectivity index (χ0n) is 20.0. The van der Waals surface area contributed by atoms with Crippen LogP contribution in [0.1, 0.15) is 79.2 Å². The standard InChI is InChI=1S/C28H30ClN3O3/c1-19(33)31(22-13-9-20(10-14-22)27(34)35)28(17-5-2-6-18-28)26-24-7-3-4-8-25(24)30-32(26)23-15-11-21(29)12-16-23/h9-16H,2-8,17-18H2,1H3,(H,34,35). The molecule has 1 heterocycles. The second-order valence-electron chi connectivity index (χ2n) is 9.67. The smallest absolute Gasteiger partial charge is 0.335 e. The second kappa shape index (κ2) is 9.50. The molecule has 1 amide bonds. The van der Waals surface area contributed by atoms with E-state index in [0.717, 1.165) is 80.6 Å². The molecule has 1 fully saturated rings. The minimum Gasteiger partial charge on any atom is -0.478 e. The molecule has 7 heteroatoms. The van der Waals surface area contributed by atoms with Crippen LogP contribution in [0.5, 0.6) is 0 Å². The van der Waals surface area contributed by atoms with E-state index in [1.165, 1.54) is 5.56 Å². The first-order valence-electron chi connectivity index (χ1n) is 12.4. The van der Waals surface area contributed by atoms with Crippen LogP contribution < -0.4 is 4.90 Å². The van der Waals surface area contributed by atoms with Crippen molar-refractivity contribution in [2.75, 3.05) is 4.90 Å². The Hall–Kier alpha value is -3.12. The first-order valence-corrected chi connectivity index (χ1v) is 12.8. The van der Waals surface area contributed by atoms with Crippen molar-refractivity contribution in [3.8, 4) is 5.69 Å². The van der Waals surface area contributed by atoms with E-state index in [-0.39, 0.29) is 11.5 Å². The maximum Gasteiger partial charge on any atom is 0.335 e. The molecule has 1 aromatic heterocycles. The van der Waals surface area contributed by atoms with Gasteiger partial charge in [0.25, 0.3) is 0 Å². The molecule has 35 heavy (non-hydrogen) atoms. The van der Waals surface area contributed by atoms with Crippen molar-refractivity contribution in [1.82, 2.24) is 9.78 Å². The molecule has 0 aliphatic heterocycles. The second-order valence-corrected chi connectivity index (χ2v) is 10.1. The summed E-state index contributed by atoms with van der Waals surface area (Å²) >= 11 is 6.20. The summed E-state index contributed by atoms with van der Waals surface area (Å²) in [7, 11) is 0. The van der Waals surface area contributed by atoms with E-state index in [1.807, 2.05) is 29.2 Å². The third-order valence-electron chi connectivity index (χ3n) is 7.47. The maximum atomic E-state index is 13.4. The van der Waals surface area contributed by atoms with Crippen molar-refractivity contribution < 1.29 is 14.7 Å². The van der Waals surface area contributed by atoms with Gasteiger partial charge in [0.15, 0.2) is 0 Å². The van der Waals surface area contributed by atoms with Crippen LogP contribution in [-0.2, 0) is 23.2 Å². The van der Waals surface area contributed by atoms with Gasteiger partial charge < -0.3 is 10.0 Å². The molecular weight excluding hydrogens is 462 g/mol. The van der Waals surface area contributed by atoms with Crippen molar-refractivity contribution >= 4 is 29.2 Å². The van der Waals surface area contributed by atoms with Crippen molar-refractivity contribution in [2.45, 2.75) is 70.3 Å². The summed E-state index contributed by atoms with van der Waals surface area (Å²) < 4.78 is 2.05. The number of rotatable bonds is 5. The number of hydrogen-bond acceptors (Lipinski definition) is 3. The van der Waals surface area contributed by atoms with Crippen LogP contribution >= 0.6 is 11.6 Å². The normalized spacial score (nSPS) is 17.0. The Morgan fingerprint density at radius 1 is 0.943 bits per heavy atom. The predicted molar refractivity (Wildman–Crippen MR) is 137 cm³/mol. The Balaban J connectivity index is 1.74. The van der Waals surface area contributed by atoms with Crippen LogP contribution in [0.2, 0.25) is 5.02 Å². The highest BCUT2D eigenvalue weighted by molar-refractivity contribution is 6.30. The third-order valence-corrected chi connectivity index (χ3v) is 7.72. The van der Waals surface area contributed by atoms with Gasteiger partial charge in [-0.3, -0.25) is 4.79 Å². The van der Waals surface area contributed by atoms with Crippen molar-refractivity contribution in [3.05, 3.63) is 76.1 Å². The Morgan fingerprint density at radius 3 is 2.23 bits per heavy atom. The quantitative estimate of drug-likeness (QED) is 0.453. The van der Waals surface area contributed by atoms with Gasteiger partial charge in [-0.15, -0.1) is 0 Å². The molecule has 1 N–H and O–H groups in total. The first-order chi connectivity index (χ1) is 16.9. The monoisotopic (exact) mass is 491 g/mol. The molecule has 0 bridgehead atoms. The number of nitrogens with zero attached hydrogens (tertiary/aromatic N) is 3. The summed E-state index contributed by atoms with van der Waals surface area (Å²) in [6.45, 7) is 1.61. The molecule has 0 atom stereocenters. The van der Waals surface area contributed by atoms with Gasteiger partial charge in [0.1, 0.15) is 0 Å². The van der Waals surface area contributed by atoms with Crippen LogP contribution in [0.4, 0.5) is 5.69 Å². The summed E-state index contributed by atoms with van der Waals surface area (Å²) in [5.74, 6) is -1.03. The number of fused-ring (bicyclic) bond motifs is 1. The zero-order valence-corrected chi connectivity index (χ0v) is 20.7. The largest absolute Gasteiger partial charge is 0.478 e. The number of carbonyl (C=O) groups excluding carboxylic acids is 1. The number of carbonyl (C=O) groups is 2. The molecule has 0 unspecified atom stereocenters. The van der Waals surface area contributed by atoms with Gasteiger partial charge in [0.2, 0.25) is 5.91 Å². The number of aromatic nitrogens is 2. The molecule has 0 radical (unpaired) electrons. The summed E-state index contributed by atoms with van der Waals surface area (Å²) in [4.78, 5) is 26.8. The molecule has 2 aromatic carbocycles. The lowest BCUT2D eigenvalue weighted by Crippen LogP contribution is -2.52.